The van der Waals surface area contributed by atoms with Crippen molar-refractivity contribution >= 4 is 11.6 Å². The predicted molar refractivity (Wildman–Crippen MR) is 121 cm³/mol. The highest BCUT2D eigenvalue weighted by molar-refractivity contribution is 5.90. The van der Waals surface area contributed by atoms with Crippen LogP contribution in [0.3, 0.4) is 0 Å². The fourth-order valence-corrected chi connectivity index (χ4v) is 3.59. The second-order valence-corrected chi connectivity index (χ2v) is 7.29. The van der Waals surface area contributed by atoms with Crippen molar-refractivity contribution in [3.8, 4) is 28.6 Å². The van der Waals surface area contributed by atoms with E-state index in [1.165, 1.54) is 15.3 Å². The fraction of sp³-hybridized carbons (Fsp3) is 0.0870. The largest absolute Gasteiger partial charge is 0.368 e. The quantitative estimate of drug-likeness (QED) is 0.452. The van der Waals surface area contributed by atoms with E-state index in [0.29, 0.717) is 46.0 Å². The van der Waals surface area contributed by atoms with E-state index in [4.69, 9.17) is 10.7 Å². The molecule has 0 atom stereocenters. The molecule has 0 saturated heterocycles. The van der Waals surface area contributed by atoms with Crippen molar-refractivity contribution in [3.05, 3.63) is 88.2 Å². The minimum atomic E-state index is -0.255. The second-order valence-electron chi connectivity index (χ2n) is 7.29. The molecule has 160 valence electrons. The first-order chi connectivity index (χ1) is 16.0. The molecule has 5 rings (SSSR count). The summed E-state index contributed by atoms with van der Waals surface area (Å²) < 4.78 is 2.67. The molecular formula is C23H17N9O. The monoisotopic (exact) mass is 435 g/mol. The summed E-state index contributed by atoms with van der Waals surface area (Å²) >= 11 is 0. The normalized spacial score (nSPS) is 10.9. The van der Waals surface area contributed by atoms with Gasteiger partial charge in [0.05, 0.1) is 35.0 Å². The van der Waals surface area contributed by atoms with Crippen LogP contribution in [0.4, 0.5) is 5.95 Å². The van der Waals surface area contributed by atoms with E-state index in [1.807, 2.05) is 24.3 Å². The van der Waals surface area contributed by atoms with Crippen LogP contribution in [0.1, 0.15) is 17.1 Å². The molecular weight excluding hydrogens is 418 g/mol. The van der Waals surface area contributed by atoms with Crippen molar-refractivity contribution in [2.75, 3.05) is 5.73 Å². The Hall–Kier alpha value is -4.91. The first-order valence-electron chi connectivity index (χ1n) is 10.0. The van der Waals surface area contributed by atoms with Gasteiger partial charge in [0.25, 0.3) is 5.56 Å². The Bertz CT molecular complexity index is 1600. The molecule has 0 aliphatic carbocycles. The maximum atomic E-state index is 12.0. The zero-order valence-corrected chi connectivity index (χ0v) is 17.5. The van der Waals surface area contributed by atoms with Gasteiger partial charge in [0.15, 0.2) is 11.5 Å². The van der Waals surface area contributed by atoms with Gasteiger partial charge >= 0.3 is 0 Å². The summed E-state index contributed by atoms with van der Waals surface area (Å²) in [6, 6.07) is 17.9. The zero-order valence-electron chi connectivity index (χ0n) is 17.5. The van der Waals surface area contributed by atoms with Crippen LogP contribution in [-0.2, 0) is 13.5 Å². The lowest BCUT2D eigenvalue weighted by atomic mass is 9.99. The number of nitrogens with two attached hydrogens (primary N) is 1. The van der Waals surface area contributed by atoms with E-state index in [2.05, 4.69) is 26.2 Å². The topological polar surface area (TPSA) is 141 Å². The number of aryl methyl sites for hydroxylation is 1. The molecule has 5 aromatic rings. The summed E-state index contributed by atoms with van der Waals surface area (Å²) in [5, 5.41) is 18.6. The van der Waals surface area contributed by atoms with Crippen molar-refractivity contribution < 1.29 is 0 Å². The Kier molecular flexibility index (Phi) is 4.84. The van der Waals surface area contributed by atoms with Crippen LogP contribution in [0.15, 0.2) is 65.6 Å². The highest BCUT2D eigenvalue weighted by Gasteiger charge is 2.23. The number of hydrogen-bond donors (Lipinski definition) is 1. The molecule has 4 heterocycles. The number of anilines is 1. The Balaban J connectivity index is 1.81. The highest BCUT2D eigenvalue weighted by Crippen LogP contribution is 2.35. The molecule has 2 N–H and O–H groups in total. The van der Waals surface area contributed by atoms with Crippen LogP contribution < -0.4 is 11.3 Å². The van der Waals surface area contributed by atoms with E-state index in [1.54, 1.807) is 37.5 Å². The van der Waals surface area contributed by atoms with Gasteiger partial charge in [-0.05, 0) is 24.3 Å². The Morgan fingerprint density at radius 1 is 1.03 bits per heavy atom. The fourth-order valence-electron chi connectivity index (χ4n) is 3.59. The highest BCUT2D eigenvalue weighted by atomic mass is 16.1. The van der Waals surface area contributed by atoms with E-state index >= 15 is 0 Å². The minimum Gasteiger partial charge on any atom is -0.368 e. The van der Waals surface area contributed by atoms with Crippen molar-refractivity contribution in [3.63, 3.8) is 0 Å². The molecule has 0 spiro atoms. The van der Waals surface area contributed by atoms with Gasteiger partial charge < -0.3 is 5.73 Å². The summed E-state index contributed by atoms with van der Waals surface area (Å²) in [4.78, 5) is 25.6. The number of nitrogen functional groups attached to an aromatic ring is 1. The number of aromatic nitrogens is 7. The molecule has 10 heteroatoms. The van der Waals surface area contributed by atoms with Crippen LogP contribution in [0.25, 0.3) is 28.2 Å². The molecule has 0 aliphatic heterocycles. The molecule has 0 aliphatic rings. The van der Waals surface area contributed by atoms with Crippen molar-refractivity contribution in [2.24, 2.45) is 7.05 Å². The minimum absolute atomic E-state index is 0.112. The summed E-state index contributed by atoms with van der Waals surface area (Å²) in [5.74, 6) is 0.611. The van der Waals surface area contributed by atoms with Crippen molar-refractivity contribution in [2.45, 2.75) is 6.42 Å². The van der Waals surface area contributed by atoms with Gasteiger partial charge in [0.1, 0.15) is 0 Å². The summed E-state index contributed by atoms with van der Waals surface area (Å²) in [7, 11) is 1.56. The first-order valence-corrected chi connectivity index (χ1v) is 10.0. The van der Waals surface area contributed by atoms with Crippen LogP contribution in [0.5, 0.6) is 0 Å². The molecule has 0 amide bonds. The lowest BCUT2D eigenvalue weighted by Crippen LogP contribution is -2.18. The number of hydrogen-bond acceptors (Lipinski definition) is 8. The number of nitriles is 1. The molecule has 33 heavy (non-hydrogen) atoms. The van der Waals surface area contributed by atoms with E-state index in [0.717, 1.165) is 5.69 Å². The second kappa shape index (κ2) is 7.97. The first kappa shape index (κ1) is 20.0. The van der Waals surface area contributed by atoms with Gasteiger partial charge in [0, 0.05) is 30.6 Å². The maximum Gasteiger partial charge on any atom is 0.266 e. The number of benzene rings is 1. The average molecular weight is 435 g/mol. The number of fused-ring (bicyclic) bond motifs is 1. The van der Waals surface area contributed by atoms with E-state index < -0.39 is 0 Å². The third kappa shape index (κ3) is 3.57. The summed E-state index contributed by atoms with van der Waals surface area (Å²) in [6.07, 6.45) is 2.10. The molecule has 0 saturated carbocycles. The van der Waals surface area contributed by atoms with Crippen LogP contribution >= 0.6 is 0 Å². The summed E-state index contributed by atoms with van der Waals surface area (Å²) in [5.41, 5.74) is 9.64. The Morgan fingerprint density at radius 2 is 1.85 bits per heavy atom. The van der Waals surface area contributed by atoms with E-state index in [-0.39, 0.29) is 11.5 Å². The molecule has 0 unspecified atom stereocenters. The van der Waals surface area contributed by atoms with Gasteiger partial charge in [-0.3, -0.25) is 9.78 Å². The molecule has 1 aromatic carbocycles. The van der Waals surface area contributed by atoms with Crippen molar-refractivity contribution in [1.82, 2.24) is 34.3 Å². The lowest BCUT2D eigenvalue weighted by molar-refractivity contribution is 0.712. The van der Waals surface area contributed by atoms with Crippen LogP contribution in [0.2, 0.25) is 0 Å². The van der Waals surface area contributed by atoms with Gasteiger partial charge in [-0.15, -0.1) is 5.10 Å². The zero-order chi connectivity index (χ0) is 22.9. The molecule has 0 radical (unpaired) electrons. The summed E-state index contributed by atoms with van der Waals surface area (Å²) in [6.45, 7) is 0. The average Bonchev–Trinajstić information content (AvgIpc) is 3.25. The Labute approximate surface area is 187 Å². The standard InChI is InChI=1S/C23H17N9O/c1-31-19(33)10-9-17(29-31)20-21(16-8-3-2-6-14(16)13-24)28-23(25)32-22(20)27-18(30-32)12-15-7-4-5-11-26-15/h2-11H,12H2,1H3,(H2,25,28). The SMILES string of the molecule is Cn1nc(-c2c(-c3ccccc3C#N)nc(N)n3nc(Cc4ccccn4)nc23)ccc1=O. The van der Waals surface area contributed by atoms with Gasteiger partial charge in [-0.25, -0.2) is 14.6 Å². The van der Waals surface area contributed by atoms with Gasteiger partial charge in [0.2, 0.25) is 5.95 Å². The van der Waals surface area contributed by atoms with Crippen LogP contribution in [0, 0.1) is 11.3 Å². The number of rotatable bonds is 4. The molecule has 0 bridgehead atoms. The van der Waals surface area contributed by atoms with E-state index in [9.17, 15) is 10.1 Å². The van der Waals surface area contributed by atoms with Crippen molar-refractivity contribution in [1.29, 1.82) is 5.26 Å². The van der Waals surface area contributed by atoms with Crippen LogP contribution in [-0.4, -0.2) is 34.3 Å². The molecule has 0 fully saturated rings. The third-order valence-electron chi connectivity index (χ3n) is 5.14. The maximum absolute atomic E-state index is 12.0. The molecule has 4 aromatic heterocycles. The lowest BCUT2D eigenvalue weighted by Gasteiger charge is -2.12. The van der Waals surface area contributed by atoms with Gasteiger partial charge in [-0.1, -0.05) is 24.3 Å². The molecule has 10 nitrogen and oxygen atoms in total. The Morgan fingerprint density at radius 3 is 2.61 bits per heavy atom. The predicted octanol–water partition coefficient (Wildman–Crippen LogP) is 1.99. The number of nitrogens with zero attached hydrogens (tertiary/aromatic N) is 8. The smallest absolute Gasteiger partial charge is 0.266 e. The van der Waals surface area contributed by atoms with Gasteiger partial charge in [-0.2, -0.15) is 14.9 Å². The third-order valence-corrected chi connectivity index (χ3v) is 5.14. The number of pyridine rings is 1.